The maximum Gasteiger partial charge on any atom is 0.316 e. The van der Waals surface area contributed by atoms with Crippen molar-refractivity contribution < 1.29 is 9.53 Å². The minimum atomic E-state index is -0.582. The van der Waals surface area contributed by atoms with Crippen LogP contribution < -0.4 is 0 Å². The summed E-state index contributed by atoms with van der Waals surface area (Å²) < 4.78 is 5.26. The van der Waals surface area contributed by atoms with Crippen LogP contribution in [0.4, 0.5) is 0 Å². The van der Waals surface area contributed by atoms with Crippen LogP contribution in [0.15, 0.2) is 30.3 Å². The van der Waals surface area contributed by atoms with Crippen molar-refractivity contribution in [2.45, 2.75) is 19.4 Å². The van der Waals surface area contributed by atoms with E-state index in [9.17, 15) is 4.79 Å². The van der Waals surface area contributed by atoms with Gasteiger partial charge < -0.3 is 4.74 Å². The quantitative estimate of drug-likeness (QED) is 0.612. The molecule has 0 spiro atoms. The molecule has 3 heteroatoms. The van der Waals surface area contributed by atoms with Gasteiger partial charge in [0, 0.05) is 0 Å². The molecule has 1 aromatic carbocycles. The van der Waals surface area contributed by atoms with Crippen LogP contribution in [0.3, 0.4) is 0 Å². The van der Waals surface area contributed by atoms with Gasteiger partial charge >= 0.3 is 5.97 Å². The molecule has 0 unspecified atom stereocenters. The molecular weight excluding hydrogens is 196 g/mol. The van der Waals surface area contributed by atoms with Gasteiger partial charge in [-0.05, 0) is 19.4 Å². The third kappa shape index (κ3) is 2.77. The summed E-state index contributed by atoms with van der Waals surface area (Å²) in [4.78, 5) is 11.1. The molecule has 0 saturated heterocycles. The lowest BCUT2D eigenvalue weighted by Gasteiger charge is -2.25. The molecule has 14 heavy (non-hydrogen) atoms. The van der Waals surface area contributed by atoms with Crippen LogP contribution in [0.25, 0.3) is 0 Å². The van der Waals surface area contributed by atoms with Crippen LogP contribution in [0.5, 0.6) is 0 Å². The Bertz CT molecular complexity index is 306. The zero-order valence-electron chi connectivity index (χ0n) is 8.36. The third-order valence-electron chi connectivity index (χ3n) is 1.97. The number of ether oxygens (including phenoxy) is 1. The number of benzene rings is 1. The van der Waals surface area contributed by atoms with Crippen molar-refractivity contribution in [3.8, 4) is 0 Å². The lowest BCUT2D eigenvalue weighted by molar-refractivity contribution is -0.153. The van der Waals surface area contributed by atoms with Crippen LogP contribution in [-0.2, 0) is 15.1 Å². The molecule has 0 fully saturated rings. The standard InChI is InChI=1S/C11H14O2S/c1-11(2,13-10(12)8-14)9-6-4-3-5-7-9/h3-7,14H,8H2,1-2H3. The summed E-state index contributed by atoms with van der Waals surface area (Å²) in [6, 6.07) is 9.65. The normalized spacial score (nSPS) is 11.1. The largest absolute Gasteiger partial charge is 0.454 e. The molecule has 1 rings (SSSR count). The maximum absolute atomic E-state index is 11.1. The van der Waals surface area contributed by atoms with Gasteiger partial charge in [-0.3, -0.25) is 4.79 Å². The first-order valence-electron chi connectivity index (χ1n) is 4.44. The second-order valence-electron chi connectivity index (χ2n) is 3.51. The van der Waals surface area contributed by atoms with E-state index in [0.717, 1.165) is 5.56 Å². The van der Waals surface area contributed by atoms with E-state index in [0.29, 0.717) is 0 Å². The third-order valence-corrected chi connectivity index (χ3v) is 2.23. The summed E-state index contributed by atoms with van der Waals surface area (Å²) in [5.74, 6) is -0.196. The maximum atomic E-state index is 11.1. The second kappa shape index (κ2) is 4.51. The van der Waals surface area contributed by atoms with Gasteiger partial charge in [-0.1, -0.05) is 30.3 Å². The molecule has 0 bridgehead atoms. The van der Waals surface area contributed by atoms with Gasteiger partial charge in [-0.15, -0.1) is 0 Å². The zero-order chi connectivity index (χ0) is 10.6. The molecule has 0 aliphatic heterocycles. The Kier molecular flexibility index (Phi) is 3.58. The van der Waals surface area contributed by atoms with Crippen molar-refractivity contribution in [3.05, 3.63) is 35.9 Å². The second-order valence-corrected chi connectivity index (χ2v) is 3.82. The highest BCUT2D eigenvalue weighted by Crippen LogP contribution is 2.24. The molecule has 0 heterocycles. The minimum absolute atomic E-state index is 0.107. The molecule has 0 saturated carbocycles. The number of carbonyl (C=O) groups excluding carboxylic acids is 1. The van der Waals surface area contributed by atoms with E-state index in [1.54, 1.807) is 0 Å². The van der Waals surface area contributed by atoms with E-state index in [2.05, 4.69) is 12.6 Å². The summed E-state index contributed by atoms with van der Waals surface area (Å²) in [6.45, 7) is 3.73. The highest BCUT2D eigenvalue weighted by Gasteiger charge is 2.24. The SMILES string of the molecule is CC(C)(OC(=O)CS)c1ccccc1. The van der Waals surface area contributed by atoms with E-state index in [1.165, 1.54) is 0 Å². The van der Waals surface area contributed by atoms with Gasteiger partial charge in [0.1, 0.15) is 5.60 Å². The molecule has 1 aromatic rings. The topological polar surface area (TPSA) is 26.3 Å². The zero-order valence-corrected chi connectivity index (χ0v) is 9.25. The van der Waals surface area contributed by atoms with Gasteiger partial charge in [-0.25, -0.2) is 0 Å². The molecule has 2 nitrogen and oxygen atoms in total. The van der Waals surface area contributed by atoms with Gasteiger partial charge in [0.05, 0.1) is 5.75 Å². The van der Waals surface area contributed by atoms with E-state index in [-0.39, 0.29) is 11.7 Å². The lowest BCUT2D eigenvalue weighted by Crippen LogP contribution is -2.26. The van der Waals surface area contributed by atoms with E-state index >= 15 is 0 Å². The predicted octanol–water partition coefficient (Wildman–Crippen LogP) is 2.39. The van der Waals surface area contributed by atoms with Gasteiger partial charge in [0.25, 0.3) is 0 Å². The first-order valence-corrected chi connectivity index (χ1v) is 5.08. The predicted molar refractivity (Wildman–Crippen MR) is 59.4 cm³/mol. The molecule has 0 radical (unpaired) electrons. The summed E-state index contributed by atoms with van der Waals surface area (Å²) in [6.07, 6.45) is 0. The lowest BCUT2D eigenvalue weighted by atomic mass is 9.98. The molecule has 0 atom stereocenters. The van der Waals surface area contributed by atoms with E-state index in [4.69, 9.17) is 4.74 Å². The summed E-state index contributed by atoms with van der Waals surface area (Å²) in [5, 5.41) is 0. The molecule has 0 aliphatic carbocycles. The summed E-state index contributed by atoms with van der Waals surface area (Å²) in [7, 11) is 0. The van der Waals surface area contributed by atoms with Crippen molar-refractivity contribution >= 4 is 18.6 Å². The molecular formula is C11H14O2S. The molecule has 76 valence electrons. The van der Waals surface area contributed by atoms with Crippen molar-refractivity contribution in [1.29, 1.82) is 0 Å². The fourth-order valence-corrected chi connectivity index (χ4v) is 1.28. The van der Waals surface area contributed by atoms with Crippen LogP contribution in [-0.4, -0.2) is 11.7 Å². The molecule has 0 amide bonds. The minimum Gasteiger partial charge on any atom is -0.454 e. The average molecular weight is 210 g/mol. The monoisotopic (exact) mass is 210 g/mol. The van der Waals surface area contributed by atoms with Gasteiger partial charge in [-0.2, -0.15) is 12.6 Å². The van der Waals surface area contributed by atoms with Gasteiger partial charge in [0.2, 0.25) is 0 Å². The van der Waals surface area contributed by atoms with Crippen molar-refractivity contribution in [1.82, 2.24) is 0 Å². The number of esters is 1. The van der Waals surface area contributed by atoms with Crippen LogP contribution in [0.2, 0.25) is 0 Å². The fraction of sp³-hybridized carbons (Fsp3) is 0.364. The fourth-order valence-electron chi connectivity index (χ4n) is 1.22. The highest BCUT2D eigenvalue weighted by molar-refractivity contribution is 7.81. The average Bonchev–Trinajstić information content (AvgIpc) is 2.18. The van der Waals surface area contributed by atoms with Crippen LogP contribution >= 0.6 is 12.6 Å². The number of carbonyl (C=O) groups is 1. The van der Waals surface area contributed by atoms with Crippen LogP contribution in [0.1, 0.15) is 19.4 Å². The van der Waals surface area contributed by atoms with Crippen molar-refractivity contribution in [2.24, 2.45) is 0 Å². The number of rotatable bonds is 3. The van der Waals surface area contributed by atoms with Crippen molar-refractivity contribution in [3.63, 3.8) is 0 Å². The first kappa shape index (κ1) is 11.1. The van der Waals surface area contributed by atoms with Gasteiger partial charge in [0.15, 0.2) is 0 Å². The summed E-state index contributed by atoms with van der Waals surface area (Å²) in [5.41, 5.74) is 0.399. The molecule has 0 aliphatic rings. The first-order chi connectivity index (χ1) is 6.56. The smallest absolute Gasteiger partial charge is 0.316 e. The van der Waals surface area contributed by atoms with Crippen molar-refractivity contribution in [2.75, 3.05) is 5.75 Å². The Hall–Kier alpha value is -0.960. The molecule has 0 N–H and O–H groups in total. The number of thiol groups is 1. The highest BCUT2D eigenvalue weighted by atomic mass is 32.1. The Morgan fingerprint density at radius 2 is 1.93 bits per heavy atom. The number of hydrogen-bond donors (Lipinski definition) is 1. The summed E-state index contributed by atoms with van der Waals surface area (Å²) >= 11 is 3.87. The Labute approximate surface area is 89.7 Å². The molecule has 0 aromatic heterocycles. The van der Waals surface area contributed by atoms with E-state index < -0.39 is 5.60 Å². The number of hydrogen-bond acceptors (Lipinski definition) is 3. The van der Waals surface area contributed by atoms with Crippen LogP contribution in [0, 0.1) is 0 Å². The Morgan fingerprint density at radius 1 is 1.36 bits per heavy atom. The van der Waals surface area contributed by atoms with E-state index in [1.807, 2.05) is 44.2 Å². The Morgan fingerprint density at radius 3 is 2.43 bits per heavy atom. The Balaban J connectivity index is 2.80.